The Labute approximate surface area is 137 Å². The van der Waals surface area contributed by atoms with Crippen LogP contribution < -0.4 is 5.32 Å². The summed E-state index contributed by atoms with van der Waals surface area (Å²) in [6, 6.07) is 1.67. The maximum atomic E-state index is 12.3. The number of hydrogen-bond donors (Lipinski definition) is 1. The van der Waals surface area contributed by atoms with Crippen LogP contribution in [0.3, 0.4) is 0 Å². The fourth-order valence-electron chi connectivity index (χ4n) is 2.58. The highest BCUT2D eigenvalue weighted by Crippen LogP contribution is 2.09. The van der Waals surface area contributed by atoms with Gasteiger partial charge in [-0.3, -0.25) is 14.5 Å². The van der Waals surface area contributed by atoms with E-state index in [1.807, 2.05) is 0 Å². The monoisotopic (exact) mass is 322 g/mol. The second kappa shape index (κ2) is 8.67. The molecule has 7 heteroatoms. The lowest BCUT2D eigenvalue weighted by Crippen LogP contribution is -2.50. The fraction of sp³-hybridized carbons (Fsp3) is 0.688. The van der Waals surface area contributed by atoms with Crippen LogP contribution in [0.1, 0.15) is 42.4 Å². The van der Waals surface area contributed by atoms with Gasteiger partial charge < -0.3 is 14.7 Å². The van der Waals surface area contributed by atoms with Gasteiger partial charge in [0.25, 0.3) is 5.91 Å². The van der Waals surface area contributed by atoms with E-state index in [1.54, 1.807) is 17.9 Å². The third-order valence-electron chi connectivity index (χ3n) is 4.01. The normalized spacial score (nSPS) is 15.7. The predicted octanol–water partition coefficient (Wildman–Crippen LogP) is 1.05. The zero-order valence-electron chi connectivity index (χ0n) is 14.0. The van der Waals surface area contributed by atoms with E-state index in [1.165, 1.54) is 0 Å². The second-order valence-electron chi connectivity index (χ2n) is 5.91. The van der Waals surface area contributed by atoms with E-state index in [4.69, 9.17) is 4.52 Å². The molecule has 0 atom stereocenters. The molecule has 0 aromatic carbocycles. The summed E-state index contributed by atoms with van der Waals surface area (Å²) in [6.45, 7) is 8.32. The van der Waals surface area contributed by atoms with Gasteiger partial charge in [0.05, 0.1) is 0 Å². The van der Waals surface area contributed by atoms with Crippen LogP contribution in [0.15, 0.2) is 10.6 Å². The molecular formula is C16H26N4O3. The summed E-state index contributed by atoms with van der Waals surface area (Å²) in [5, 5.41) is 6.72. The Balaban J connectivity index is 1.66. The van der Waals surface area contributed by atoms with Crippen molar-refractivity contribution in [1.29, 1.82) is 0 Å². The molecule has 1 aliphatic rings. The van der Waals surface area contributed by atoms with Gasteiger partial charge >= 0.3 is 0 Å². The molecular weight excluding hydrogens is 296 g/mol. The van der Waals surface area contributed by atoms with Crippen molar-refractivity contribution in [2.45, 2.75) is 33.1 Å². The molecule has 7 nitrogen and oxygen atoms in total. The van der Waals surface area contributed by atoms with E-state index in [9.17, 15) is 9.59 Å². The molecule has 0 radical (unpaired) electrons. The van der Waals surface area contributed by atoms with Crippen LogP contribution in [0.5, 0.6) is 0 Å². The Morgan fingerprint density at radius 2 is 2.04 bits per heavy atom. The second-order valence-corrected chi connectivity index (χ2v) is 5.91. The topological polar surface area (TPSA) is 78.7 Å². The maximum absolute atomic E-state index is 12.3. The Hall–Kier alpha value is -1.89. The van der Waals surface area contributed by atoms with Gasteiger partial charge in [0.1, 0.15) is 5.76 Å². The summed E-state index contributed by atoms with van der Waals surface area (Å²) in [7, 11) is 0. The highest BCUT2D eigenvalue weighted by atomic mass is 16.5. The van der Waals surface area contributed by atoms with E-state index in [0.717, 1.165) is 32.5 Å². The molecule has 2 heterocycles. The quantitative estimate of drug-likeness (QED) is 0.812. The third-order valence-corrected chi connectivity index (χ3v) is 4.01. The molecule has 1 aromatic heterocycles. The van der Waals surface area contributed by atoms with E-state index >= 15 is 0 Å². The van der Waals surface area contributed by atoms with Crippen LogP contribution in [-0.4, -0.2) is 66.0 Å². The Bertz CT molecular complexity index is 521. The summed E-state index contributed by atoms with van der Waals surface area (Å²) in [5.41, 5.74) is 0.374. The van der Waals surface area contributed by atoms with Gasteiger partial charge in [0, 0.05) is 51.8 Å². The summed E-state index contributed by atoms with van der Waals surface area (Å²) in [5.74, 6) is 0.697. The number of piperazine rings is 1. The van der Waals surface area contributed by atoms with Crippen LogP contribution in [0, 0.1) is 6.92 Å². The first-order valence-corrected chi connectivity index (χ1v) is 8.31. The summed E-state index contributed by atoms with van der Waals surface area (Å²) < 4.78 is 4.95. The summed E-state index contributed by atoms with van der Waals surface area (Å²) in [4.78, 5) is 27.9. The molecule has 1 saturated heterocycles. The predicted molar refractivity (Wildman–Crippen MR) is 86.1 cm³/mol. The van der Waals surface area contributed by atoms with E-state index in [-0.39, 0.29) is 11.8 Å². The zero-order valence-corrected chi connectivity index (χ0v) is 14.0. The molecule has 1 fully saturated rings. The van der Waals surface area contributed by atoms with Crippen molar-refractivity contribution in [2.75, 3.05) is 39.3 Å². The van der Waals surface area contributed by atoms with Crippen LogP contribution in [0.2, 0.25) is 0 Å². The molecule has 2 amide bonds. The Morgan fingerprint density at radius 3 is 2.65 bits per heavy atom. The molecule has 1 aromatic rings. The van der Waals surface area contributed by atoms with E-state index < -0.39 is 0 Å². The lowest BCUT2D eigenvalue weighted by Gasteiger charge is -2.34. The molecule has 2 rings (SSSR count). The molecule has 0 spiro atoms. The van der Waals surface area contributed by atoms with Gasteiger partial charge in [-0.1, -0.05) is 18.5 Å². The van der Waals surface area contributed by atoms with Gasteiger partial charge in [-0.05, 0) is 13.3 Å². The van der Waals surface area contributed by atoms with Crippen molar-refractivity contribution in [3.05, 3.63) is 17.5 Å². The van der Waals surface area contributed by atoms with Crippen molar-refractivity contribution in [3.63, 3.8) is 0 Å². The number of aromatic nitrogens is 1. The summed E-state index contributed by atoms with van der Waals surface area (Å²) in [6.07, 6.45) is 2.58. The minimum absolute atomic E-state index is 0.0747. The van der Waals surface area contributed by atoms with Crippen molar-refractivity contribution in [2.24, 2.45) is 0 Å². The SMILES string of the molecule is CCCCC(=O)NCCN1CCN(C(=O)c2cc(C)on2)CC1. The highest BCUT2D eigenvalue weighted by Gasteiger charge is 2.23. The maximum Gasteiger partial charge on any atom is 0.276 e. The third kappa shape index (κ3) is 5.35. The number of unbranched alkanes of at least 4 members (excludes halogenated alkanes) is 1. The molecule has 1 N–H and O–H groups in total. The first-order chi connectivity index (χ1) is 11.1. The average molecular weight is 322 g/mol. The fourth-order valence-corrected chi connectivity index (χ4v) is 2.58. The number of carbonyl (C=O) groups excluding carboxylic acids is 2. The van der Waals surface area contributed by atoms with Gasteiger partial charge in [-0.2, -0.15) is 0 Å². The first-order valence-electron chi connectivity index (χ1n) is 8.31. The standard InChI is InChI=1S/C16H26N4O3/c1-3-4-5-15(21)17-6-7-19-8-10-20(11-9-19)16(22)14-12-13(2)23-18-14/h12H,3-11H2,1-2H3,(H,17,21). The molecule has 0 bridgehead atoms. The number of hydrogen-bond acceptors (Lipinski definition) is 5. The number of aryl methyl sites for hydroxylation is 1. The molecule has 0 unspecified atom stereocenters. The van der Waals surface area contributed by atoms with Gasteiger partial charge in [0.2, 0.25) is 5.91 Å². The van der Waals surface area contributed by atoms with Crippen molar-refractivity contribution >= 4 is 11.8 Å². The van der Waals surface area contributed by atoms with E-state index in [2.05, 4.69) is 22.3 Å². The minimum atomic E-state index is -0.0747. The molecule has 1 aliphatic heterocycles. The van der Waals surface area contributed by atoms with E-state index in [0.29, 0.717) is 37.5 Å². The number of nitrogens with zero attached hydrogens (tertiary/aromatic N) is 3. The number of nitrogens with one attached hydrogen (secondary N) is 1. The van der Waals surface area contributed by atoms with Gasteiger partial charge in [-0.25, -0.2) is 0 Å². The van der Waals surface area contributed by atoms with Crippen LogP contribution in [0.4, 0.5) is 0 Å². The number of rotatable bonds is 7. The summed E-state index contributed by atoms with van der Waals surface area (Å²) >= 11 is 0. The largest absolute Gasteiger partial charge is 0.361 e. The van der Waals surface area contributed by atoms with Crippen LogP contribution >= 0.6 is 0 Å². The van der Waals surface area contributed by atoms with Crippen molar-refractivity contribution < 1.29 is 14.1 Å². The molecule has 0 aliphatic carbocycles. The lowest BCUT2D eigenvalue weighted by molar-refractivity contribution is -0.121. The average Bonchev–Trinajstić information content (AvgIpc) is 2.99. The molecule has 0 saturated carbocycles. The van der Waals surface area contributed by atoms with Crippen LogP contribution in [0.25, 0.3) is 0 Å². The Morgan fingerprint density at radius 1 is 1.30 bits per heavy atom. The Kier molecular flexibility index (Phi) is 6.58. The van der Waals surface area contributed by atoms with Crippen LogP contribution in [-0.2, 0) is 4.79 Å². The lowest BCUT2D eigenvalue weighted by atomic mass is 10.2. The number of carbonyl (C=O) groups is 2. The highest BCUT2D eigenvalue weighted by molar-refractivity contribution is 5.92. The number of amides is 2. The smallest absolute Gasteiger partial charge is 0.276 e. The van der Waals surface area contributed by atoms with Gasteiger partial charge in [-0.15, -0.1) is 0 Å². The molecule has 128 valence electrons. The van der Waals surface area contributed by atoms with Crippen molar-refractivity contribution in [3.8, 4) is 0 Å². The first kappa shape index (κ1) is 17.5. The zero-order chi connectivity index (χ0) is 16.7. The minimum Gasteiger partial charge on any atom is -0.361 e. The van der Waals surface area contributed by atoms with Gasteiger partial charge in [0.15, 0.2) is 5.69 Å². The van der Waals surface area contributed by atoms with Crippen molar-refractivity contribution in [1.82, 2.24) is 20.3 Å². The molecule has 23 heavy (non-hydrogen) atoms.